The summed E-state index contributed by atoms with van der Waals surface area (Å²) in [6.45, 7) is 11.3. The summed E-state index contributed by atoms with van der Waals surface area (Å²) in [5, 5.41) is 10.1. The average molecular weight is 650 g/mol. The van der Waals surface area contributed by atoms with Gasteiger partial charge in [0.05, 0.1) is 24.9 Å². The van der Waals surface area contributed by atoms with Crippen molar-refractivity contribution < 1.29 is 43.2 Å². The maximum Gasteiger partial charge on any atom is 0.306 e. The fourth-order valence-corrected chi connectivity index (χ4v) is 6.48. The zero-order chi connectivity index (χ0) is 34.4. The van der Waals surface area contributed by atoms with Crippen LogP contribution in [0.15, 0.2) is 23.8 Å². The zero-order valence-electron chi connectivity index (χ0n) is 29.3. The molecule has 0 spiro atoms. The Labute approximate surface area is 276 Å². The molecule has 262 valence electrons. The van der Waals surface area contributed by atoms with Crippen molar-refractivity contribution in [3.63, 3.8) is 0 Å². The van der Waals surface area contributed by atoms with Crippen molar-refractivity contribution in [3.8, 4) is 0 Å². The lowest BCUT2D eigenvalue weighted by Gasteiger charge is -2.45. The first-order valence-corrected chi connectivity index (χ1v) is 17.2. The molecule has 2 rings (SSSR count). The molecule has 2 aliphatic heterocycles. The zero-order valence-corrected chi connectivity index (χ0v) is 29.3. The maximum absolute atomic E-state index is 13.3. The number of nitrogens with zero attached hydrogens (tertiary/aromatic N) is 1. The third-order valence-electron chi connectivity index (χ3n) is 9.28. The van der Waals surface area contributed by atoms with Gasteiger partial charge in [-0.25, -0.2) is 0 Å². The summed E-state index contributed by atoms with van der Waals surface area (Å²) in [4.78, 5) is 53.3. The lowest BCUT2D eigenvalue weighted by molar-refractivity contribution is -0.284. The van der Waals surface area contributed by atoms with E-state index in [9.17, 15) is 24.3 Å². The SMILES string of the molecule is CCCCC(=O)O[C@H]1[C@H](O[C@H]2[C@@H](CC=O)C[C@@H](C)C(=O)/C=C/C(C)=C/[C@H](CO)[C@@H](CC)OC(=O)CC[C@@H]2C)O[C@H](C)C[C@@H]1N(C)C. The largest absolute Gasteiger partial charge is 0.462 e. The van der Waals surface area contributed by atoms with Gasteiger partial charge in [0.15, 0.2) is 18.2 Å². The minimum Gasteiger partial charge on any atom is -0.462 e. The van der Waals surface area contributed by atoms with Crippen LogP contribution in [0.3, 0.4) is 0 Å². The molecule has 0 radical (unpaired) electrons. The Morgan fingerprint density at radius 2 is 1.83 bits per heavy atom. The molecule has 1 N–H and O–H groups in total. The fourth-order valence-electron chi connectivity index (χ4n) is 6.48. The van der Waals surface area contributed by atoms with Gasteiger partial charge < -0.3 is 33.7 Å². The molecule has 10 nitrogen and oxygen atoms in total. The minimum absolute atomic E-state index is 0.0842. The lowest BCUT2D eigenvalue weighted by atomic mass is 9.80. The number of ether oxygens (including phenoxy) is 4. The molecule has 10 atom stereocenters. The number of allylic oxidation sites excluding steroid dienone is 3. The smallest absolute Gasteiger partial charge is 0.306 e. The van der Waals surface area contributed by atoms with Crippen LogP contribution in [-0.2, 0) is 38.1 Å². The Morgan fingerprint density at radius 1 is 1.11 bits per heavy atom. The van der Waals surface area contributed by atoms with E-state index in [1.165, 1.54) is 6.08 Å². The van der Waals surface area contributed by atoms with E-state index in [1.807, 2.05) is 66.6 Å². The number of unbranched alkanes of at least 4 members (excludes halogenated alkanes) is 1. The van der Waals surface area contributed by atoms with Crippen LogP contribution in [0.1, 0.15) is 99.3 Å². The Bertz CT molecular complexity index is 1040. The first-order chi connectivity index (χ1) is 21.8. The monoisotopic (exact) mass is 649 g/mol. The lowest BCUT2D eigenvalue weighted by Crippen LogP contribution is -2.57. The first kappa shape index (κ1) is 39.8. The van der Waals surface area contributed by atoms with Crippen LogP contribution in [0.5, 0.6) is 0 Å². The molecule has 1 fully saturated rings. The van der Waals surface area contributed by atoms with Crippen LogP contribution in [0, 0.1) is 23.7 Å². The molecule has 0 saturated carbocycles. The van der Waals surface area contributed by atoms with Gasteiger partial charge in [-0.2, -0.15) is 0 Å². The number of rotatable bonds is 11. The Balaban J connectivity index is 2.51. The topological polar surface area (TPSA) is 129 Å². The highest BCUT2D eigenvalue weighted by atomic mass is 16.7. The predicted molar refractivity (Wildman–Crippen MR) is 176 cm³/mol. The van der Waals surface area contributed by atoms with Crippen molar-refractivity contribution in [2.24, 2.45) is 23.7 Å². The number of carbonyl (C=O) groups is 4. The van der Waals surface area contributed by atoms with E-state index in [2.05, 4.69) is 0 Å². The Hall–Kier alpha value is -2.40. The Morgan fingerprint density at radius 3 is 2.43 bits per heavy atom. The Kier molecular flexibility index (Phi) is 17.4. The highest BCUT2D eigenvalue weighted by Gasteiger charge is 2.45. The van der Waals surface area contributed by atoms with Gasteiger partial charge in [-0.05, 0) is 78.0 Å². The molecule has 0 bridgehead atoms. The number of aldehydes is 1. The van der Waals surface area contributed by atoms with Gasteiger partial charge in [-0.3, -0.25) is 14.4 Å². The molecule has 1 saturated heterocycles. The molecule has 0 aromatic rings. The van der Waals surface area contributed by atoms with Gasteiger partial charge in [-0.15, -0.1) is 0 Å². The normalized spacial score (nSPS) is 35.6. The second-order valence-electron chi connectivity index (χ2n) is 13.5. The van der Waals surface area contributed by atoms with E-state index in [1.54, 1.807) is 6.08 Å². The molecule has 2 heterocycles. The molecule has 0 aliphatic carbocycles. The van der Waals surface area contributed by atoms with Crippen LogP contribution in [0.25, 0.3) is 0 Å². The van der Waals surface area contributed by atoms with E-state index in [4.69, 9.17) is 18.9 Å². The van der Waals surface area contributed by atoms with E-state index in [-0.39, 0.29) is 61.2 Å². The van der Waals surface area contributed by atoms with E-state index in [0.29, 0.717) is 38.5 Å². The third kappa shape index (κ3) is 12.3. The predicted octanol–water partition coefficient (Wildman–Crippen LogP) is 5.20. The summed E-state index contributed by atoms with van der Waals surface area (Å²) in [5.74, 6) is -2.20. The standard InChI is InChI=1S/C36H59NO9/c1-9-11-12-32(41)45-35-29(37(7)8)21-26(6)43-36(35)46-34-24(4)14-16-33(42)44-31(10-2)28(22-39)19-23(3)13-15-30(40)25(5)20-27(34)17-18-38/h13,15,18-19,24-29,31,34-36,39H,9-12,14,16-17,20-22H2,1-8H3/b15-13+,23-19+/t24-,25+,26+,27-,28+,29-,31+,34+,35+,36-/m0/s1. The summed E-state index contributed by atoms with van der Waals surface area (Å²) in [7, 11) is 3.87. The summed E-state index contributed by atoms with van der Waals surface area (Å²) >= 11 is 0. The molecular weight excluding hydrogens is 590 g/mol. The van der Waals surface area contributed by atoms with Crippen molar-refractivity contribution in [2.45, 2.75) is 136 Å². The quantitative estimate of drug-likeness (QED) is 0.236. The second kappa shape index (κ2) is 20.1. The van der Waals surface area contributed by atoms with Gasteiger partial charge in [0.25, 0.3) is 0 Å². The number of hydrogen-bond acceptors (Lipinski definition) is 10. The maximum atomic E-state index is 13.3. The van der Waals surface area contributed by atoms with Crippen molar-refractivity contribution in [1.29, 1.82) is 0 Å². The molecule has 0 amide bonds. The molecule has 46 heavy (non-hydrogen) atoms. The van der Waals surface area contributed by atoms with Gasteiger partial charge in [-0.1, -0.05) is 51.8 Å². The van der Waals surface area contributed by atoms with Crippen LogP contribution < -0.4 is 0 Å². The molecule has 0 unspecified atom stereocenters. The van der Waals surface area contributed by atoms with Crippen molar-refractivity contribution in [3.05, 3.63) is 23.8 Å². The summed E-state index contributed by atoms with van der Waals surface area (Å²) in [6, 6.07) is -0.160. The number of aliphatic hydroxyl groups excluding tert-OH is 1. The van der Waals surface area contributed by atoms with E-state index >= 15 is 0 Å². The van der Waals surface area contributed by atoms with Crippen LogP contribution in [-0.4, -0.2) is 91.5 Å². The van der Waals surface area contributed by atoms with Gasteiger partial charge in [0.2, 0.25) is 0 Å². The van der Waals surface area contributed by atoms with Crippen molar-refractivity contribution in [2.75, 3.05) is 20.7 Å². The van der Waals surface area contributed by atoms with Gasteiger partial charge in [0.1, 0.15) is 12.4 Å². The molecule has 0 aromatic carbocycles. The van der Waals surface area contributed by atoms with Crippen LogP contribution >= 0.6 is 0 Å². The number of esters is 2. The second-order valence-corrected chi connectivity index (χ2v) is 13.5. The number of hydrogen-bond donors (Lipinski definition) is 1. The summed E-state index contributed by atoms with van der Waals surface area (Å²) in [6.07, 6.45) is 7.08. The summed E-state index contributed by atoms with van der Waals surface area (Å²) < 4.78 is 25.0. The molecular formula is C36H59NO9. The van der Waals surface area contributed by atoms with Crippen molar-refractivity contribution in [1.82, 2.24) is 4.90 Å². The van der Waals surface area contributed by atoms with Crippen LogP contribution in [0.2, 0.25) is 0 Å². The van der Waals surface area contributed by atoms with Gasteiger partial charge in [0, 0.05) is 31.1 Å². The molecule has 10 heteroatoms. The first-order valence-electron chi connectivity index (χ1n) is 17.2. The molecule has 2 aliphatic rings. The van der Waals surface area contributed by atoms with Crippen molar-refractivity contribution >= 4 is 24.0 Å². The highest BCUT2D eigenvalue weighted by molar-refractivity contribution is 5.91. The number of carbonyl (C=O) groups excluding carboxylic acids is 4. The summed E-state index contributed by atoms with van der Waals surface area (Å²) in [5.41, 5.74) is 0.777. The average Bonchev–Trinajstić information content (AvgIpc) is 3.01. The number of likely N-dealkylation sites (N-methyl/N-ethyl adjacent to an activating group) is 1. The number of ketones is 1. The van der Waals surface area contributed by atoms with Gasteiger partial charge >= 0.3 is 11.9 Å². The minimum atomic E-state index is -0.908. The molecule has 0 aromatic heterocycles. The number of cyclic esters (lactones) is 1. The third-order valence-corrected chi connectivity index (χ3v) is 9.28. The van der Waals surface area contributed by atoms with E-state index in [0.717, 1.165) is 18.3 Å². The highest BCUT2D eigenvalue weighted by Crippen LogP contribution is 2.35. The fraction of sp³-hybridized carbons (Fsp3) is 0.778. The number of aliphatic hydroxyl groups is 1. The van der Waals surface area contributed by atoms with E-state index < -0.39 is 36.4 Å². The van der Waals surface area contributed by atoms with Crippen LogP contribution in [0.4, 0.5) is 0 Å².